The molecule has 0 bridgehead atoms. The van der Waals surface area contributed by atoms with Gasteiger partial charge in [0, 0.05) is 56.9 Å². The van der Waals surface area contributed by atoms with E-state index in [0.717, 1.165) is 64.3 Å². The Morgan fingerprint density at radius 3 is 2.49 bits per heavy atom. The van der Waals surface area contributed by atoms with E-state index >= 15 is 0 Å². The van der Waals surface area contributed by atoms with Crippen LogP contribution in [0.15, 0.2) is 120 Å². The third-order valence-electron chi connectivity index (χ3n) is 6.44. The number of hydrogen-bond donors (Lipinski definition) is 1. The second kappa shape index (κ2) is 14.4. The molecular formula is C34H39N5. The smallest absolute Gasteiger partial charge is 0.0930 e. The first-order valence-electron chi connectivity index (χ1n) is 13.0. The maximum absolute atomic E-state index is 4.66. The molecule has 5 nitrogen and oxygen atoms in total. The van der Waals surface area contributed by atoms with Crippen molar-refractivity contribution >= 4 is 23.4 Å². The van der Waals surface area contributed by atoms with Crippen LogP contribution in [0.2, 0.25) is 0 Å². The van der Waals surface area contributed by atoms with Gasteiger partial charge >= 0.3 is 0 Å². The van der Waals surface area contributed by atoms with Gasteiger partial charge in [0.2, 0.25) is 0 Å². The van der Waals surface area contributed by atoms with Crippen LogP contribution in [0.5, 0.6) is 0 Å². The van der Waals surface area contributed by atoms with E-state index in [1.54, 1.807) is 19.6 Å². The molecule has 0 atom stereocenters. The Morgan fingerprint density at radius 2 is 1.77 bits per heavy atom. The minimum atomic E-state index is 0.794. The predicted octanol–water partition coefficient (Wildman–Crippen LogP) is 7.09. The lowest BCUT2D eigenvalue weighted by Gasteiger charge is -2.16. The number of aromatic nitrogens is 1. The van der Waals surface area contributed by atoms with Gasteiger partial charge in [-0.2, -0.15) is 0 Å². The number of aryl methyl sites for hydroxylation is 2. The van der Waals surface area contributed by atoms with E-state index in [1.807, 2.05) is 49.5 Å². The first kappa shape index (κ1) is 29.1. The van der Waals surface area contributed by atoms with Crippen LogP contribution in [0.25, 0.3) is 5.70 Å². The van der Waals surface area contributed by atoms with E-state index in [2.05, 4.69) is 89.4 Å². The molecule has 0 radical (unpaired) electrons. The van der Waals surface area contributed by atoms with E-state index in [1.165, 1.54) is 11.1 Å². The molecule has 0 aliphatic carbocycles. The molecule has 1 aromatic heterocycles. The molecule has 39 heavy (non-hydrogen) atoms. The molecule has 200 valence electrons. The van der Waals surface area contributed by atoms with Crippen molar-refractivity contribution in [2.75, 3.05) is 21.1 Å². The number of nitrogens with one attached hydrogen (secondary N) is 1. The van der Waals surface area contributed by atoms with Crippen molar-refractivity contribution in [3.63, 3.8) is 0 Å². The Labute approximate surface area is 233 Å². The lowest BCUT2D eigenvalue weighted by Crippen LogP contribution is -2.11. The van der Waals surface area contributed by atoms with Crippen LogP contribution in [0.4, 0.5) is 5.69 Å². The van der Waals surface area contributed by atoms with Crippen LogP contribution in [0.3, 0.4) is 0 Å². The molecule has 0 fully saturated rings. The summed E-state index contributed by atoms with van der Waals surface area (Å²) in [6, 6.07) is 18.7. The number of benzene rings is 2. The zero-order chi connectivity index (χ0) is 28.2. The summed E-state index contributed by atoms with van der Waals surface area (Å²) in [7, 11) is 5.81. The fourth-order valence-corrected chi connectivity index (χ4v) is 3.87. The summed E-state index contributed by atoms with van der Waals surface area (Å²) in [5.41, 5.74) is 10.3. The molecule has 1 N–H and O–H groups in total. The fraction of sp³-hybridized carbons (Fsp3) is 0.206. The van der Waals surface area contributed by atoms with E-state index in [4.69, 9.17) is 0 Å². The lowest BCUT2D eigenvalue weighted by molar-refractivity contribution is 0.501. The van der Waals surface area contributed by atoms with Gasteiger partial charge in [-0.1, -0.05) is 61.7 Å². The molecule has 3 rings (SSSR count). The summed E-state index contributed by atoms with van der Waals surface area (Å²) >= 11 is 0. The molecule has 3 aromatic rings. The summed E-state index contributed by atoms with van der Waals surface area (Å²) in [5.74, 6) is 0. The highest BCUT2D eigenvalue weighted by molar-refractivity contribution is 6.08. The average molecular weight is 518 g/mol. The van der Waals surface area contributed by atoms with Crippen LogP contribution in [-0.2, 0) is 12.8 Å². The van der Waals surface area contributed by atoms with Gasteiger partial charge in [-0.15, -0.1) is 0 Å². The third-order valence-corrected chi connectivity index (χ3v) is 6.44. The molecule has 0 saturated carbocycles. The molecular weight excluding hydrogens is 478 g/mol. The molecule has 5 heteroatoms. The van der Waals surface area contributed by atoms with E-state index in [-0.39, 0.29) is 0 Å². The second-order valence-electron chi connectivity index (χ2n) is 9.68. The average Bonchev–Trinajstić information content (AvgIpc) is 2.94. The first-order valence-corrected chi connectivity index (χ1v) is 13.0. The van der Waals surface area contributed by atoms with Crippen LogP contribution < -0.4 is 5.32 Å². The van der Waals surface area contributed by atoms with Gasteiger partial charge < -0.3 is 10.2 Å². The lowest BCUT2D eigenvalue weighted by atomic mass is 10.0. The van der Waals surface area contributed by atoms with Gasteiger partial charge in [0.25, 0.3) is 0 Å². The minimum Gasteiger partial charge on any atom is -0.381 e. The van der Waals surface area contributed by atoms with Crippen molar-refractivity contribution in [3.8, 4) is 0 Å². The second-order valence-corrected chi connectivity index (χ2v) is 9.68. The zero-order valence-electron chi connectivity index (χ0n) is 23.6. The van der Waals surface area contributed by atoms with Crippen molar-refractivity contribution in [3.05, 3.63) is 138 Å². The van der Waals surface area contributed by atoms with Gasteiger partial charge in [-0.25, -0.2) is 4.99 Å². The summed E-state index contributed by atoms with van der Waals surface area (Å²) in [4.78, 5) is 15.2. The molecule has 0 amide bonds. The highest BCUT2D eigenvalue weighted by Crippen LogP contribution is 2.22. The number of rotatable bonds is 13. The molecule has 1 heterocycles. The summed E-state index contributed by atoms with van der Waals surface area (Å²) in [6.07, 6.45) is 11.8. The highest BCUT2D eigenvalue weighted by atomic mass is 15.1. The largest absolute Gasteiger partial charge is 0.381 e. The van der Waals surface area contributed by atoms with E-state index in [0.29, 0.717) is 0 Å². The Morgan fingerprint density at radius 1 is 0.974 bits per heavy atom. The minimum absolute atomic E-state index is 0.794. The monoisotopic (exact) mass is 517 g/mol. The quantitative estimate of drug-likeness (QED) is 0.150. The van der Waals surface area contributed by atoms with Crippen molar-refractivity contribution in [1.82, 2.24) is 15.2 Å². The maximum Gasteiger partial charge on any atom is 0.0930 e. The molecule has 0 unspecified atom stereocenters. The normalized spacial score (nSPS) is 11.6. The van der Waals surface area contributed by atoms with Gasteiger partial charge in [-0.3, -0.25) is 9.98 Å². The van der Waals surface area contributed by atoms with Crippen LogP contribution in [0.1, 0.15) is 34.2 Å². The Balaban J connectivity index is 1.56. The van der Waals surface area contributed by atoms with Gasteiger partial charge in [0.15, 0.2) is 0 Å². The molecule has 0 saturated heterocycles. The number of likely N-dealkylation sites (N-methyl/N-ethyl adjacent to an activating group) is 1. The summed E-state index contributed by atoms with van der Waals surface area (Å²) in [5, 5.41) is 3.24. The first-order chi connectivity index (χ1) is 18.8. The molecule has 0 aliphatic rings. The maximum atomic E-state index is 4.66. The topological polar surface area (TPSA) is 52.9 Å². The zero-order valence-corrected chi connectivity index (χ0v) is 23.6. The number of pyridine rings is 1. The van der Waals surface area contributed by atoms with Gasteiger partial charge in [0.05, 0.1) is 17.7 Å². The van der Waals surface area contributed by atoms with E-state index < -0.39 is 0 Å². The van der Waals surface area contributed by atoms with Crippen LogP contribution in [-0.4, -0.2) is 43.1 Å². The fourth-order valence-electron chi connectivity index (χ4n) is 3.87. The third kappa shape index (κ3) is 9.08. The van der Waals surface area contributed by atoms with Crippen molar-refractivity contribution in [2.24, 2.45) is 9.98 Å². The van der Waals surface area contributed by atoms with Crippen molar-refractivity contribution in [2.45, 2.75) is 26.2 Å². The predicted molar refractivity (Wildman–Crippen MR) is 168 cm³/mol. The van der Waals surface area contributed by atoms with Crippen molar-refractivity contribution < 1.29 is 0 Å². The number of nitrogens with zero attached hydrogens (tertiary/aromatic N) is 4. The van der Waals surface area contributed by atoms with Gasteiger partial charge in [0.1, 0.15) is 0 Å². The molecule has 0 aliphatic heterocycles. The highest BCUT2D eigenvalue weighted by Gasteiger charge is 2.04. The molecule has 0 spiro atoms. The van der Waals surface area contributed by atoms with E-state index in [9.17, 15) is 0 Å². The van der Waals surface area contributed by atoms with Gasteiger partial charge in [-0.05, 0) is 72.4 Å². The van der Waals surface area contributed by atoms with Crippen LogP contribution >= 0.6 is 0 Å². The number of aliphatic imine (C=N–C) groups is 2. The Bertz CT molecular complexity index is 1390. The SMILES string of the molecule is C=C(/C=C\C(=NC)c1cccnc1)CCc1cccc(C(=C)NC=Nc2cc(CC(=C)N(C)C)ccc2C)c1. The summed E-state index contributed by atoms with van der Waals surface area (Å²) in [6.45, 7) is 14.6. The number of allylic oxidation sites excluding steroid dienone is 4. The summed E-state index contributed by atoms with van der Waals surface area (Å²) < 4.78 is 0. The standard InChI is InChI=1S/C34H39N5/c1-25(14-18-33(35-5)32-12-9-19-36-23-32)13-16-29-10-8-11-31(21-29)28(4)37-24-38-34-22-30(17-15-26(34)2)20-27(3)39(6)7/h8-12,14-15,17-19,21-24H,1,3-4,13,16,20H2,2,5-7H3,(H,37,38)/b18-14-,35-33?. The van der Waals surface area contributed by atoms with Crippen molar-refractivity contribution in [1.29, 1.82) is 0 Å². The Kier molecular flexibility index (Phi) is 10.8. The number of hydrogen-bond acceptors (Lipinski definition) is 4. The molecule has 2 aromatic carbocycles. The Hall–Kier alpha value is -4.51. The van der Waals surface area contributed by atoms with Crippen LogP contribution in [0, 0.1) is 6.92 Å².